The van der Waals surface area contributed by atoms with Crippen LogP contribution < -0.4 is 0 Å². The first kappa shape index (κ1) is 21.5. The van der Waals surface area contributed by atoms with Crippen LogP contribution in [0.4, 0.5) is 0 Å². The third kappa shape index (κ3) is 3.97. The first-order valence-electron chi connectivity index (χ1n) is 12.5. The molecule has 0 saturated carbocycles. The summed E-state index contributed by atoms with van der Waals surface area (Å²) in [5.41, 5.74) is 11.9. The average molecular weight is 456 g/mol. The number of hydrogen-bond donors (Lipinski definition) is 0. The molecule has 0 bridgehead atoms. The molecule has 0 amide bonds. The second-order valence-electron chi connectivity index (χ2n) is 9.42. The zero-order chi connectivity index (χ0) is 23.8. The van der Waals surface area contributed by atoms with Gasteiger partial charge < -0.3 is 4.57 Å². The molecular formula is C32H29N3. The van der Waals surface area contributed by atoms with Crippen LogP contribution in [0.15, 0.2) is 91.0 Å². The van der Waals surface area contributed by atoms with E-state index < -0.39 is 0 Å². The third-order valence-electron chi connectivity index (χ3n) is 7.26. The standard InChI is InChI=1S/C32H29N3/c1-22-23(2)35(31-18-10-9-16-27(22)31)32-19-11-17-28(34-32)26-20-29(24-12-5-3-6-13-24)33-30(21-26)25-14-7-4-8-15-25/h3-8,11-15,17,19-21H,9-10,16,18H2,1-2H3. The van der Waals surface area contributed by atoms with Gasteiger partial charge in [0.25, 0.3) is 0 Å². The molecule has 2 aromatic carbocycles. The molecule has 0 saturated heterocycles. The van der Waals surface area contributed by atoms with Crippen molar-refractivity contribution in [3.8, 4) is 39.6 Å². The SMILES string of the molecule is Cc1c2c(n(-c3cccc(-c4cc(-c5ccccc5)nc(-c5ccccc5)c4)n3)c1C)CCCC2. The van der Waals surface area contributed by atoms with Crippen molar-refractivity contribution in [3.63, 3.8) is 0 Å². The van der Waals surface area contributed by atoms with Crippen LogP contribution in [-0.2, 0) is 12.8 Å². The summed E-state index contributed by atoms with van der Waals surface area (Å²) in [6.07, 6.45) is 4.84. The highest BCUT2D eigenvalue weighted by atomic mass is 15.1. The highest BCUT2D eigenvalue weighted by Crippen LogP contribution is 2.33. The summed E-state index contributed by atoms with van der Waals surface area (Å²) in [4.78, 5) is 10.2. The average Bonchev–Trinajstić information content (AvgIpc) is 3.19. The molecule has 1 aliphatic carbocycles. The van der Waals surface area contributed by atoms with Crippen LogP contribution in [0.1, 0.15) is 35.4 Å². The second-order valence-corrected chi connectivity index (χ2v) is 9.42. The number of nitrogens with zero attached hydrogens (tertiary/aromatic N) is 3. The molecule has 0 fully saturated rings. The minimum absolute atomic E-state index is 0.958. The fourth-order valence-corrected chi connectivity index (χ4v) is 5.34. The van der Waals surface area contributed by atoms with Gasteiger partial charge in [-0.15, -0.1) is 0 Å². The topological polar surface area (TPSA) is 30.7 Å². The molecule has 1 aliphatic rings. The molecule has 0 radical (unpaired) electrons. The molecule has 35 heavy (non-hydrogen) atoms. The van der Waals surface area contributed by atoms with Crippen LogP contribution in [0.25, 0.3) is 39.6 Å². The smallest absolute Gasteiger partial charge is 0.137 e. The third-order valence-corrected chi connectivity index (χ3v) is 7.26. The summed E-state index contributed by atoms with van der Waals surface area (Å²) in [5.74, 6) is 1.01. The molecule has 6 rings (SSSR count). The van der Waals surface area contributed by atoms with Gasteiger partial charge in [0.2, 0.25) is 0 Å². The van der Waals surface area contributed by atoms with Crippen molar-refractivity contribution in [2.24, 2.45) is 0 Å². The van der Waals surface area contributed by atoms with E-state index in [1.54, 1.807) is 0 Å². The summed E-state index contributed by atoms with van der Waals surface area (Å²) < 4.78 is 2.39. The largest absolute Gasteiger partial charge is 0.302 e. The Hall–Kier alpha value is -3.98. The lowest BCUT2D eigenvalue weighted by Gasteiger charge is -2.17. The van der Waals surface area contributed by atoms with E-state index in [-0.39, 0.29) is 0 Å². The molecule has 0 atom stereocenters. The normalized spacial score (nSPS) is 13.0. The molecule has 0 N–H and O–H groups in total. The molecule has 0 aliphatic heterocycles. The van der Waals surface area contributed by atoms with Gasteiger partial charge in [0.05, 0.1) is 17.1 Å². The Balaban J connectivity index is 1.51. The first-order chi connectivity index (χ1) is 17.2. The van der Waals surface area contributed by atoms with Crippen molar-refractivity contribution in [1.82, 2.24) is 14.5 Å². The molecule has 5 aromatic rings. The number of hydrogen-bond acceptors (Lipinski definition) is 2. The lowest BCUT2D eigenvalue weighted by Crippen LogP contribution is -2.09. The van der Waals surface area contributed by atoms with Crippen LogP contribution in [0.5, 0.6) is 0 Å². The van der Waals surface area contributed by atoms with Gasteiger partial charge in [0.1, 0.15) is 5.82 Å². The maximum atomic E-state index is 5.20. The van der Waals surface area contributed by atoms with Crippen molar-refractivity contribution >= 4 is 0 Å². The monoisotopic (exact) mass is 455 g/mol. The number of fused-ring (bicyclic) bond motifs is 1. The summed E-state index contributed by atoms with van der Waals surface area (Å²) in [7, 11) is 0. The Labute approximate surface area is 207 Å². The van der Waals surface area contributed by atoms with Crippen molar-refractivity contribution in [3.05, 3.63) is 114 Å². The Bertz CT molecular complexity index is 1440. The van der Waals surface area contributed by atoms with Gasteiger partial charge in [-0.25, -0.2) is 9.97 Å². The van der Waals surface area contributed by atoms with Gasteiger partial charge in [-0.3, -0.25) is 0 Å². The molecule has 3 nitrogen and oxygen atoms in total. The fourth-order valence-electron chi connectivity index (χ4n) is 5.34. The van der Waals surface area contributed by atoms with Crippen LogP contribution in [0.2, 0.25) is 0 Å². The molecule has 0 unspecified atom stereocenters. The molecule has 3 heterocycles. The van der Waals surface area contributed by atoms with Crippen molar-refractivity contribution in [1.29, 1.82) is 0 Å². The molecular weight excluding hydrogens is 426 g/mol. The number of benzene rings is 2. The zero-order valence-electron chi connectivity index (χ0n) is 20.3. The second kappa shape index (κ2) is 8.99. The highest BCUT2D eigenvalue weighted by Gasteiger charge is 2.22. The van der Waals surface area contributed by atoms with Crippen molar-refractivity contribution < 1.29 is 0 Å². The fraction of sp³-hybridized carbons (Fsp3) is 0.188. The van der Waals surface area contributed by atoms with E-state index in [1.165, 1.54) is 41.8 Å². The Morgan fingerprint density at radius 2 is 1.23 bits per heavy atom. The van der Waals surface area contributed by atoms with Crippen molar-refractivity contribution in [2.75, 3.05) is 0 Å². The van der Waals surface area contributed by atoms with E-state index in [9.17, 15) is 0 Å². The Morgan fingerprint density at radius 3 is 1.89 bits per heavy atom. The maximum absolute atomic E-state index is 5.20. The summed E-state index contributed by atoms with van der Waals surface area (Å²) in [5, 5.41) is 0. The lowest BCUT2D eigenvalue weighted by molar-refractivity contribution is 0.658. The Kier molecular flexibility index (Phi) is 5.54. The van der Waals surface area contributed by atoms with Gasteiger partial charge in [0, 0.05) is 28.1 Å². The van der Waals surface area contributed by atoms with Crippen LogP contribution in [0, 0.1) is 13.8 Å². The number of pyridine rings is 2. The van der Waals surface area contributed by atoms with Gasteiger partial charge in [-0.2, -0.15) is 0 Å². The molecule has 3 aromatic heterocycles. The lowest BCUT2D eigenvalue weighted by atomic mass is 9.95. The summed E-state index contributed by atoms with van der Waals surface area (Å²) in [6.45, 7) is 4.50. The summed E-state index contributed by atoms with van der Waals surface area (Å²) >= 11 is 0. The zero-order valence-corrected chi connectivity index (χ0v) is 20.3. The van der Waals surface area contributed by atoms with E-state index in [2.05, 4.69) is 97.3 Å². The van der Waals surface area contributed by atoms with E-state index in [0.717, 1.165) is 46.0 Å². The molecule has 3 heteroatoms. The van der Waals surface area contributed by atoms with Gasteiger partial charge in [-0.05, 0) is 74.9 Å². The van der Waals surface area contributed by atoms with E-state index >= 15 is 0 Å². The van der Waals surface area contributed by atoms with Crippen LogP contribution in [-0.4, -0.2) is 14.5 Å². The van der Waals surface area contributed by atoms with E-state index in [0.29, 0.717) is 0 Å². The Morgan fingerprint density at radius 1 is 0.600 bits per heavy atom. The predicted octanol–water partition coefficient (Wildman–Crippen LogP) is 7.76. The van der Waals surface area contributed by atoms with Gasteiger partial charge >= 0.3 is 0 Å². The van der Waals surface area contributed by atoms with Gasteiger partial charge in [-0.1, -0.05) is 66.7 Å². The molecule has 0 spiro atoms. The maximum Gasteiger partial charge on any atom is 0.137 e. The van der Waals surface area contributed by atoms with E-state index in [4.69, 9.17) is 9.97 Å². The highest BCUT2D eigenvalue weighted by molar-refractivity contribution is 5.75. The molecule has 172 valence electrons. The van der Waals surface area contributed by atoms with Crippen molar-refractivity contribution in [2.45, 2.75) is 39.5 Å². The quantitative estimate of drug-likeness (QED) is 0.277. The van der Waals surface area contributed by atoms with Gasteiger partial charge in [0.15, 0.2) is 0 Å². The number of aromatic nitrogens is 3. The van der Waals surface area contributed by atoms with E-state index in [1.807, 2.05) is 12.1 Å². The summed E-state index contributed by atoms with van der Waals surface area (Å²) in [6, 6.07) is 31.5. The minimum Gasteiger partial charge on any atom is -0.302 e. The van der Waals surface area contributed by atoms with Crippen LogP contribution >= 0.6 is 0 Å². The van der Waals surface area contributed by atoms with Crippen LogP contribution in [0.3, 0.4) is 0 Å². The first-order valence-corrected chi connectivity index (χ1v) is 12.5. The predicted molar refractivity (Wildman–Crippen MR) is 144 cm³/mol. The number of rotatable bonds is 4. The minimum atomic E-state index is 0.958.